The fourth-order valence-corrected chi connectivity index (χ4v) is 4.83. The molecule has 118 valence electrons. The Morgan fingerprint density at radius 3 is 2.86 bits per heavy atom. The molecule has 1 aliphatic heterocycles. The molecular formula is C14H17ClN4O2S. The average Bonchev–Trinajstić information content (AvgIpc) is 3.01. The number of sulfonamides is 1. The van der Waals surface area contributed by atoms with Crippen molar-refractivity contribution in [3.05, 3.63) is 41.9 Å². The molecule has 0 spiro atoms. The number of piperidine rings is 1. The van der Waals surface area contributed by atoms with Gasteiger partial charge in [0.05, 0.1) is 5.02 Å². The Labute approximate surface area is 134 Å². The first-order valence-electron chi connectivity index (χ1n) is 7.14. The number of nitrogens with zero attached hydrogens (tertiary/aromatic N) is 4. The van der Waals surface area contributed by atoms with Crippen molar-refractivity contribution in [1.29, 1.82) is 0 Å². The highest BCUT2D eigenvalue weighted by atomic mass is 35.5. The number of hydrogen-bond acceptors (Lipinski definition) is 4. The van der Waals surface area contributed by atoms with Crippen LogP contribution in [-0.2, 0) is 16.6 Å². The van der Waals surface area contributed by atoms with Crippen LogP contribution in [0, 0.1) is 5.92 Å². The van der Waals surface area contributed by atoms with Gasteiger partial charge in [0.1, 0.15) is 17.6 Å². The number of benzene rings is 1. The zero-order valence-electron chi connectivity index (χ0n) is 12.0. The first-order valence-corrected chi connectivity index (χ1v) is 8.96. The molecule has 2 heterocycles. The second-order valence-corrected chi connectivity index (χ2v) is 7.73. The van der Waals surface area contributed by atoms with E-state index in [1.165, 1.54) is 10.6 Å². The lowest BCUT2D eigenvalue weighted by Crippen LogP contribution is -2.41. The Bertz CT molecular complexity index is 733. The van der Waals surface area contributed by atoms with Crippen molar-refractivity contribution in [3.63, 3.8) is 0 Å². The Hall–Kier alpha value is -1.44. The largest absolute Gasteiger partial charge is 0.253 e. The topological polar surface area (TPSA) is 68.1 Å². The van der Waals surface area contributed by atoms with Crippen LogP contribution in [0.25, 0.3) is 0 Å². The third kappa shape index (κ3) is 3.16. The molecule has 0 unspecified atom stereocenters. The standard InChI is InChI=1S/C14H17ClN4O2S/c15-13-5-1-2-6-14(13)22(20,21)19-7-3-4-12(9-19)8-18-11-16-10-17-18/h1-2,5-6,10-12H,3-4,7-9H2/t12-/m1/s1. The van der Waals surface area contributed by atoms with Gasteiger partial charge in [0.25, 0.3) is 0 Å². The van der Waals surface area contributed by atoms with E-state index in [0.717, 1.165) is 12.8 Å². The molecule has 0 bridgehead atoms. The Morgan fingerprint density at radius 1 is 1.32 bits per heavy atom. The molecule has 0 amide bonds. The van der Waals surface area contributed by atoms with Crippen LogP contribution in [0.4, 0.5) is 0 Å². The molecule has 2 aromatic rings. The zero-order valence-corrected chi connectivity index (χ0v) is 13.5. The lowest BCUT2D eigenvalue weighted by Gasteiger charge is -2.32. The molecule has 1 aromatic heterocycles. The lowest BCUT2D eigenvalue weighted by atomic mass is 10.00. The second-order valence-electron chi connectivity index (χ2n) is 5.42. The summed E-state index contributed by atoms with van der Waals surface area (Å²) in [5.41, 5.74) is 0. The summed E-state index contributed by atoms with van der Waals surface area (Å²) in [5.74, 6) is 0.229. The molecule has 6 nitrogen and oxygen atoms in total. The van der Waals surface area contributed by atoms with E-state index in [9.17, 15) is 8.42 Å². The molecular weight excluding hydrogens is 324 g/mol. The molecule has 0 aliphatic carbocycles. The molecule has 0 saturated carbocycles. The highest BCUT2D eigenvalue weighted by molar-refractivity contribution is 7.89. The number of aromatic nitrogens is 3. The molecule has 1 aliphatic rings. The molecule has 1 fully saturated rings. The van der Waals surface area contributed by atoms with Crippen molar-refractivity contribution in [2.24, 2.45) is 5.92 Å². The predicted octanol–water partition coefficient (Wildman–Crippen LogP) is 2.03. The van der Waals surface area contributed by atoms with E-state index in [1.54, 1.807) is 35.3 Å². The van der Waals surface area contributed by atoms with E-state index in [0.29, 0.717) is 19.6 Å². The molecule has 1 aromatic carbocycles. The van der Waals surface area contributed by atoms with Crippen LogP contribution in [0.5, 0.6) is 0 Å². The number of hydrogen-bond donors (Lipinski definition) is 0. The fraction of sp³-hybridized carbons (Fsp3) is 0.429. The third-order valence-electron chi connectivity index (χ3n) is 3.85. The number of halogens is 1. The van der Waals surface area contributed by atoms with Crippen molar-refractivity contribution in [2.75, 3.05) is 13.1 Å². The Kier molecular flexibility index (Phi) is 4.46. The molecule has 8 heteroatoms. The predicted molar refractivity (Wildman–Crippen MR) is 83.0 cm³/mol. The van der Waals surface area contributed by atoms with E-state index >= 15 is 0 Å². The van der Waals surface area contributed by atoms with Gasteiger partial charge in [0.15, 0.2) is 0 Å². The van der Waals surface area contributed by atoms with Gasteiger partial charge < -0.3 is 0 Å². The minimum absolute atomic E-state index is 0.179. The van der Waals surface area contributed by atoms with Crippen LogP contribution >= 0.6 is 11.6 Å². The summed E-state index contributed by atoms with van der Waals surface area (Å²) in [6, 6.07) is 6.57. The SMILES string of the molecule is O=S(=O)(c1ccccc1Cl)N1CCC[C@H](Cn2cncn2)C1. The summed E-state index contributed by atoms with van der Waals surface area (Å²) in [7, 11) is -3.55. The average molecular weight is 341 g/mol. The van der Waals surface area contributed by atoms with E-state index in [4.69, 9.17) is 11.6 Å². The smallest absolute Gasteiger partial charge is 0.244 e. The van der Waals surface area contributed by atoms with Gasteiger partial charge in [-0.2, -0.15) is 9.40 Å². The maximum Gasteiger partial charge on any atom is 0.244 e. The van der Waals surface area contributed by atoms with Crippen molar-refractivity contribution in [1.82, 2.24) is 19.1 Å². The molecule has 22 heavy (non-hydrogen) atoms. The van der Waals surface area contributed by atoms with E-state index < -0.39 is 10.0 Å². The van der Waals surface area contributed by atoms with Crippen LogP contribution in [-0.4, -0.2) is 40.6 Å². The number of rotatable bonds is 4. The summed E-state index contributed by atoms with van der Waals surface area (Å²) in [4.78, 5) is 4.10. The zero-order chi connectivity index (χ0) is 15.6. The fourth-order valence-electron chi connectivity index (χ4n) is 2.78. The first kappa shape index (κ1) is 15.5. The minimum Gasteiger partial charge on any atom is -0.253 e. The van der Waals surface area contributed by atoms with Crippen LogP contribution in [0.3, 0.4) is 0 Å². The Morgan fingerprint density at radius 2 is 2.14 bits per heavy atom. The maximum absolute atomic E-state index is 12.8. The van der Waals surface area contributed by atoms with Gasteiger partial charge >= 0.3 is 0 Å². The summed E-state index contributed by atoms with van der Waals surface area (Å²) >= 11 is 6.05. The summed E-state index contributed by atoms with van der Waals surface area (Å²) in [5, 5.41) is 4.35. The first-order chi connectivity index (χ1) is 10.6. The van der Waals surface area contributed by atoms with Crippen LogP contribution in [0.15, 0.2) is 41.8 Å². The van der Waals surface area contributed by atoms with E-state index in [1.807, 2.05) is 0 Å². The van der Waals surface area contributed by atoms with Crippen LogP contribution in [0.1, 0.15) is 12.8 Å². The van der Waals surface area contributed by atoms with Crippen molar-refractivity contribution in [2.45, 2.75) is 24.3 Å². The van der Waals surface area contributed by atoms with E-state index in [2.05, 4.69) is 10.1 Å². The lowest BCUT2D eigenvalue weighted by molar-refractivity contribution is 0.239. The minimum atomic E-state index is -3.55. The Balaban J connectivity index is 1.78. The highest BCUT2D eigenvalue weighted by Crippen LogP contribution is 2.28. The molecule has 1 saturated heterocycles. The summed E-state index contributed by atoms with van der Waals surface area (Å²) in [6.07, 6.45) is 4.96. The summed E-state index contributed by atoms with van der Waals surface area (Å²) in [6.45, 7) is 1.68. The molecule has 3 rings (SSSR count). The van der Waals surface area contributed by atoms with Crippen molar-refractivity contribution >= 4 is 21.6 Å². The summed E-state index contributed by atoms with van der Waals surface area (Å²) < 4.78 is 28.8. The van der Waals surface area contributed by atoms with Gasteiger partial charge in [-0.25, -0.2) is 13.4 Å². The van der Waals surface area contributed by atoms with Gasteiger partial charge in [-0.3, -0.25) is 4.68 Å². The van der Waals surface area contributed by atoms with Crippen LogP contribution < -0.4 is 0 Å². The maximum atomic E-state index is 12.8. The van der Waals surface area contributed by atoms with Crippen molar-refractivity contribution < 1.29 is 8.42 Å². The highest BCUT2D eigenvalue weighted by Gasteiger charge is 2.31. The van der Waals surface area contributed by atoms with E-state index in [-0.39, 0.29) is 15.8 Å². The van der Waals surface area contributed by atoms with Gasteiger partial charge in [-0.1, -0.05) is 23.7 Å². The van der Waals surface area contributed by atoms with Crippen LogP contribution in [0.2, 0.25) is 5.02 Å². The van der Waals surface area contributed by atoms with Gasteiger partial charge in [0, 0.05) is 19.6 Å². The third-order valence-corrected chi connectivity index (χ3v) is 6.21. The molecule has 0 radical (unpaired) electrons. The normalized spacial score (nSPS) is 20.1. The monoisotopic (exact) mass is 340 g/mol. The quantitative estimate of drug-likeness (QED) is 0.854. The van der Waals surface area contributed by atoms with Gasteiger partial charge in [-0.05, 0) is 30.9 Å². The second kappa shape index (κ2) is 6.36. The molecule has 0 N–H and O–H groups in total. The van der Waals surface area contributed by atoms with Gasteiger partial charge in [0.2, 0.25) is 10.0 Å². The van der Waals surface area contributed by atoms with Gasteiger partial charge in [-0.15, -0.1) is 0 Å². The van der Waals surface area contributed by atoms with Crippen molar-refractivity contribution in [3.8, 4) is 0 Å². The molecule has 1 atom stereocenters.